The van der Waals surface area contributed by atoms with Crippen LogP contribution in [0.5, 0.6) is 5.75 Å². The van der Waals surface area contributed by atoms with E-state index in [1.165, 1.54) is 19.1 Å². The zero-order valence-corrected chi connectivity index (χ0v) is 8.93. The number of carbonyl (C=O) groups is 3. The summed E-state index contributed by atoms with van der Waals surface area (Å²) in [6.45, 7) is 1.20. The molecular formula is C10H10N2O5. The summed E-state index contributed by atoms with van der Waals surface area (Å²) in [7, 11) is 0. The molecule has 0 unspecified atom stereocenters. The highest BCUT2D eigenvalue weighted by molar-refractivity contribution is 5.93. The van der Waals surface area contributed by atoms with Crippen LogP contribution < -0.4 is 16.0 Å². The van der Waals surface area contributed by atoms with Crippen molar-refractivity contribution in [3.05, 3.63) is 29.8 Å². The number of esters is 1. The van der Waals surface area contributed by atoms with E-state index in [2.05, 4.69) is 4.84 Å². The number of amides is 2. The van der Waals surface area contributed by atoms with Crippen molar-refractivity contribution in [1.82, 2.24) is 5.48 Å². The maximum atomic E-state index is 11.5. The Morgan fingerprint density at radius 1 is 1.24 bits per heavy atom. The number of para-hydroxylation sites is 1. The first-order chi connectivity index (χ1) is 8.00. The number of benzene rings is 1. The van der Waals surface area contributed by atoms with Crippen molar-refractivity contribution in [3.63, 3.8) is 0 Å². The minimum atomic E-state index is -1.01. The van der Waals surface area contributed by atoms with E-state index in [0.717, 1.165) is 0 Å². The van der Waals surface area contributed by atoms with Gasteiger partial charge in [-0.15, -0.1) is 0 Å². The molecule has 0 aliphatic heterocycles. The van der Waals surface area contributed by atoms with Crippen LogP contribution in [0, 0.1) is 0 Å². The van der Waals surface area contributed by atoms with Crippen molar-refractivity contribution in [2.24, 2.45) is 5.73 Å². The molecule has 0 atom stereocenters. The molecule has 0 spiro atoms. The van der Waals surface area contributed by atoms with E-state index in [1.807, 2.05) is 0 Å². The van der Waals surface area contributed by atoms with Crippen LogP contribution >= 0.6 is 0 Å². The molecule has 1 aromatic rings. The van der Waals surface area contributed by atoms with Crippen LogP contribution in [0.2, 0.25) is 0 Å². The van der Waals surface area contributed by atoms with Gasteiger partial charge in [0, 0.05) is 6.92 Å². The quantitative estimate of drug-likeness (QED) is 0.439. The van der Waals surface area contributed by atoms with E-state index in [-0.39, 0.29) is 11.3 Å². The number of carbonyl (C=O) groups excluding carboxylic acids is 3. The first-order valence-corrected chi connectivity index (χ1v) is 4.54. The molecule has 0 saturated heterocycles. The second-order valence-corrected chi connectivity index (χ2v) is 2.95. The second-order valence-electron chi connectivity index (χ2n) is 2.95. The molecule has 90 valence electrons. The zero-order chi connectivity index (χ0) is 12.8. The molecule has 0 fully saturated rings. The van der Waals surface area contributed by atoms with Gasteiger partial charge in [0.25, 0.3) is 0 Å². The molecule has 0 aliphatic carbocycles. The highest BCUT2D eigenvalue weighted by Crippen LogP contribution is 2.18. The van der Waals surface area contributed by atoms with Crippen LogP contribution in [-0.4, -0.2) is 18.0 Å². The first-order valence-electron chi connectivity index (χ1n) is 4.54. The molecule has 0 radical (unpaired) electrons. The van der Waals surface area contributed by atoms with Crippen molar-refractivity contribution >= 4 is 18.0 Å². The first kappa shape index (κ1) is 12.5. The lowest BCUT2D eigenvalue weighted by Crippen LogP contribution is -2.32. The lowest BCUT2D eigenvalue weighted by Gasteiger charge is -2.07. The minimum Gasteiger partial charge on any atom is -0.426 e. The summed E-state index contributed by atoms with van der Waals surface area (Å²) in [6.07, 6.45) is 0. The van der Waals surface area contributed by atoms with Gasteiger partial charge in [-0.2, -0.15) is 5.48 Å². The highest BCUT2D eigenvalue weighted by Gasteiger charge is 2.15. The normalized spacial score (nSPS) is 9.24. The lowest BCUT2D eigenvalue weighted by atomic mass is 10.2. The SMILES string of the molecule is CC(=O)Oc1ccccc1C(=O)ONC(N)=O. The molecule has 0 aliphatic rings. The molecule has 7 heteroatoms. The predicted molar refractivity (Wildman–Crippen MR) is 55.9 cm³/mol. The third kappa shape index (κ3) is 3.82. The molecule has 17 heavy (non-hydrogen) atoms. The van der Waals surface area contributed by atoms with E-state index >= 15 is 0 Å². The van der Waals surface area contributed by atoms with Gasteiger partial charge < -0.3 is 15.3 Å². The Morgan fingerprint density at radius 2 is 1.88 bits per heavy atom. The van der Waals surface area contributed by atoms with Gasteiger partial charge in [-0.1, -0.05) is 12.1 Å². The van der Waals surface area contributed by atoms with Crippen molar-refractivity contribution in [2.75, 3.05) is 0 Å². The van der Waals surface area contributed by atoms with Crippen molar-refractivity contribution < 1.29 is 24.0 Å². The molecule has 3 N–H and O–H groups in total. The maximum Gasteiger partial charge on any atom is 0.366 e. The largest absolute Gasteiger partial charge is 0.426 e. The van der Waals surface area contributed by atoms with Gasteiger partial charge in [0.05, 0.1) is 0 Å². The fourth-order valence-corrected chi connectivity index (χ4v) is 1.03. The van der Waals surface area contributed by atoms with E-state index in [9.17, 15) is 14.4 Å². The number of primary amides is 1. The standard InChI is InChI=1S/C10H10N2O5/c1-6(13)16-8-5-3-2-4-7(8)9(14)17-12-10(11)15/h2-5H,1H3,(H3,11,12,15). The van der Waals surface area contributed by atoms with E-state index < -0.39 is 18.0 Å². The number of hydrogen-bond acceptors (Lipinski definition) is 5. The monoisotopic (exact) mass is 238 g/mol. The number of rotatable bonds is 2. The average Bonchev–Trinajstić information content (AvgIpc) is 2.25. The summed E-state index contributed by atoms with van der Waals surface area (Å²) in [5, 5.41) is 0. The fraction of sp³-hybridized carbons (Fsp3) is 0.100. The van der Waals surface area contributed by atoms with Crippen molar-refractivity contribution in [3.8, 4) is 5.75 Å². The Morgan fingerprint density at radius 3 is 2.47 bits per heavy atom. The van der Waals surface area contributed by atoms with Gasteiger partial charge >= 0.3 is 18.0 Å². The zero-order valence-electron chi connectivity index (χ0n) is 8.93. The number of hydrogen-bond donors (Lipinski definition) is 2. The maximum absolute atomic E-state index is 11.5. The third-order valence-electron chi connectivity index (χ3n) is 1.60. The summed E-state index contributed by atoms with van der Waals surface area (Å²) < 4.78 is 4.79. The number of nitrogens with two attached hydrogens (primary N) is 1. The Labute approximate surface area is 96.4 Å². The molecule has 1 rings (SSSR count). The minimum absolute atomic E-state index is 0.00329. The summed E-state index contributed by atoms with van der Waals surface area (Å²) >= 11 is 0. The smallest absolute Gasteiger partial charge is 0.366 e. The molecular weight excluding hydrogens is 228 g/mol. The predicted octanol–water partition coefficient (Wildman–Crippen LogP) is 0.352. The molecule has 0 aromatic heterocycles. The molecule has 7 nitrogen and oxygen atoms in total. The lowest BCUT2D eigenvalue weighted by molar-refractivity contribution is -0.131. The van der Waals surface area contributed by atoms with Crippen LogP contribution in [0.3, 0.4) is 0 Å². The topological polar surface area (TPSA) is 108 Å². The Balaban J connectivity index is 2.85. The highest BCUT2D eigenvalue weighted by atomic mass is 16.7. The van der Waals surface area contributed by atoms with Crippen LogP contribution in [0.1, 0.15) is 17.3 Å². The average molecular weight is 238 g/mol. The number of ether oxygens (including phenoxy) is 1. The molecule has 0 bridgehead atoms. The van der Waals surface area contributed by atoms with Crippen molar-refractivity contribution in [2.45, 2.75) is 6.92 Å². The van der Waals surface area contributed by atoms with E-state index in [0.29, 0.717) is 0 Å². The van der Waals surface area contributed by atoms with Crippen LogP contribution in [0.4, 0.5) is 4.79 Å². The third-order valence-corrected chi connectivity index (χ3v) is 1.60. The second kappa shape index (κ2) is 5.50. The molecule has 2 amide bonds. The Hall–Kier alpha value is -2.57. The number of urea groups is 1. The van der Waals surface area contributed by atoms with Gasteiger partial charge in [-0.25, -0.2) is 9.59 Å². The summed E-state index contributed by atoms with van der Waals surface area (Å²) in [5.74, 6) is -1.43. The van der Waals surface area contributed by atoms with Crippen LogP contribution in [0.15, 0.2) is 24.3 Å². The summed E-state index contributed by atoms with van der Waals surface area (Å²) in [6, 6.07) is 4.92. The van der Waals surface area contributed by atoms with Gasteiger partial charge in [-0.05, 0) is 12.1 Å². The fourth-order valence-electron chi connectivity index (χ4n) is 1.03. The van der Waals surface area contributed by atoms with Crippen LogP contribution in [-0.2, 0) is 9.63 Å². The summed E-state index contributed by atoms with van der Waals surface area (Å²) in [4.78, 5) is 37.0. The van der Waals surface area contributed by atoms with E-state index in [1.54, 1.807) is 17.6 Å². The molecule has 0 saturated carbocycles. The molecule has 0 heterocycles. The van der Waals surface area contributed by atoms with Gasteiger partial charge in [0.2, 0.25) is 0 Å². The molecule has 1 aromatic carbocycles. The Kier molecular flexibility index (Phi) is 4.04. The Bertz CT molecular complexity index is 458. The summed E-state index contributed by atoms with van der Waals surface area (Å²) in [5.41, 5.74) is 6.39. The number of nitrogens with one attached hydrogen (secondary N) is 1. The van der Waals surface area contributed by atoms with Gasteiger partial charge in [0.1, 0.15) is 11.3 Å². The van der Waals surface area contributed by atoms with Crippen molar-refractivity contribution in [1.29, 1.82) is 0 Å². The van der Waals surface area contributed by atoms with Gasteiger partial charge in [0.15, 0.2) is 0 Å². The van der Waals surface area contributed by atoms with Gasteiger partial charge in [-0.3, -0.25) is 4.79 Å². The number of hydroxylamine groups is 1. The van der Waals surface area contributed by atoms with Crippen LogP contribution in [0.25, 0.3) is 0 Å². The van der Waals surface area contributed by atoms with E-state index in [4.69, 9.17) is 10.5 Å².